The first kappa shape index (κ1) is 59.1. The molecule has 0 spiro atoms. The first-order valence-electron chi connectivity index (χ1n) is 23.9. The quantitative estimate of drug-likeness (QED) is 0.0208. The van der Waals surface area contributed by atoms with Crippen molar-refractivity contribution < 1.29 is 46.7 Å². The van der Waals surface area contributed by atoms with E-state index in [4.69, 9.17) is 27.5 Å². The topological polar surface area (TPSA) is 127 Å². The average Bonchev–Trinajstić information content (AvgIpc) is 3.22. The minimum absolute atomic E-state index is 0.110. The summed E-state index contributed by atoms with van der Waals surface area (Å²) in [7, 11) is -5.21. The maximum Gasteiger partial charge on any atom is 0.474 e. The minimum atomic E-state index is -4.14. The second kappa shape index (κ2) is 38.6. The van der Waals surface area contributed by atoms with Gasteiger partial charge < -0.3 is 19.0 Å². The fourth-order valence-electron chi connectivity index (χ4n) is 5.99. The van der Waals surface area contributed by atoms with Crippen LogP contribution in [-0.2, 0) is 41.6 Å². The molecule has 61 heavy (non-hydrogen) atoms. The summed E-state index contributed by atoms with van der Waals surface area (Å²) in [6.45, 7) is 13.6. The summed E-state index contributed by atoms with van der Waals surface area (Å²) < 4.78 is 47.1. The fraction of sp³-hybridized carbons (Fsp3) is 0.796. The molecule has 0 aromatic heterocycles. The molecule has 0 rings (SSSR count). The zero-order valence-electron chi connectivity index (χ0n) is 40.1. The molecule has 12 heteroatoms. The molecule has 0 bridgehead atoms. The Balaban J connectivity index is 4.90. The van der Waals surface area contributed by atoms with Crippen molar-refractivity contribution in [3.8, 4) is 0 Å². The number of ether oxygens (including phenoxy) is 2. The SMILES string of the molecule is CCCCC/C=C\C/C=C\CCCCCCCC(=O)OC[C@H](COP(=O)(OC)OC[C@@H](CO)O[Si](C)(C)C(C)(C)C)OC(=O)CCCCCCC/C=C\C/C=C\CCCCC. The van der Waals surface area contributed by atoms with Crippen LogP contribution in [0.15, 0.2) is 48.6 Å². The Bertz CT molecular complexity index is 1240. The van der Waals surface area contributed by atoms with Crippen molar-refractivity contribution >= 4 is 28.1 Å². The molecular formula is C49H91O10PSi. The van der Waals surface area contributed by atoms with Crippen molar-refractivity contribution in [2.45, 2.75) is 219 Å². The predicted octanol–water partition coefficient (Wildman–Crippen LogP) is 14.2. The van der Waals surface area contributed by atoms with Gasteiger partial charge in [-0.1, -0.05) is 147 Å². The molecule has 1 N–H and O–H groups in total. The standard InChI is InChI=1S/C49H91O10PSi/c1-9-11-13-15-17-19-21-23-25-27-29-31-33-35-37-39-47(51)55-42-46(44-57-60(53,54-6)56-43-45(41-50)59-61(7,8)49(3,4)5)58-48(52)40-38-36-34-32-30-28-26-24-22-20-18-16-14-12-10-2/h17-20,23-26,45-46,50H,9-16,21-22,27-44H2,1-8H3/b19-17-,20-18-,25-23-,26-24-/t45-,46-,60?/m1/s1. The van der Waals surface area contributed by atoms with E-state index in [0.717, 1.165) is 77.0 Å². The van der Waals surface area contributed by atoms with Gasteiger partial charge in [-0.25, -0.2) is 4.57 Å². The molecule has 10 nitrogen and oxygen atoms in total. The highest BCUT2D eigenvalue weighted by atomic mass is 31.2. The van der Waals surface area contributed by atoms with Crippen molar-refractivity contribution in [3.05, 3.63) is 48.6 Å². The van der Waals surface area contributed by atoms with Gasteiger partial charge in [0, 0.05) is 20.0 Å². The highest BCUT2D eigenvalue weighted by molar-refractivity contribution is 7.48. The van der Waals surface area contributed by atoms with Gasteiger partial charge in [0.25, 0.3) is 0 Å². The maximum atomic E-state index is 13.4. The first-order chi connectivity index (χ1) is 29.2. The van der Waals surface area contributed by atoms with E-state index < -0.39 is 34.3 Å². The summed E-state index contributed by atoms with van der Waals surface area (Å²) in [6.07, 6.45) is 40.6. The Morgan fingerprint density at radius 1 is 0.590 bits per heavy atom. The highest BCUT2D eigenvalue weighted by Crippen LogP contribution is 2.49. The summed E-state index contributed by atoms with van der Waals surface area (Å²) in [4.78, 5) is 25.6. The van der Waals surface area contributed by atoms with Crippen LogP contribution in [0.3, 0.4) is 0 Å². The van der Waals surface area contributed by atoms with Gasteiger partial charge in [0.2, 0.25) is 0 Å². The molecule has 0 heterocycles. The lowest BCUT2D eigenvalue weighted by atomic mass is 10.1. The smallest absolute Gasteiger partial charge is 0.462 e. The normalized spacial score (nSPS) is 14.7. The summed E-state index contributed by atoms with van der Waals surface area (Å²) >= 11 is 0. The van der Waals surface area contributed by atoms with Crippen LogP contribution in [-0.4, -0.2) is 71.1 Å². The number of carbonyl (C=O) groups is 2. The summed E-state index contributed by atoms with van der Waals surface area (Å²) in [5, 5.41) is 9.87. The predicted molar refractivity (Wildman–Crippen MR) is 255 cm³/mol. The van der Waals surface area contributed by atoms with E-state index in [2.05, 4.69) is 83.2 Å². The van der Waals surface area contributed by atoms with Gasteiger partial charge in [-0.15, -0.1) is 0 Å². The number of allylic oxidation sites excluding steroid dienone is 8. The highest BCUT2D eigenvalue weighted by Gasteiger charge is 2.40. The molecule has 0 aromatic carbocycles. The van der Waals surface area contributed by atoms with Crippen molar-refractivity contribution in [1.82, 2.24) is 0 Å². The molecule has 0 aliphatic carbocycles. The largest absolute Gasteiger partial charge is 0.474 e. The average molecular weight is 899 g/mol. The number of unbranched alkanes of at least 4 members (excludes halogenated alkanes) is 16. The van der Waals surface area contributed by atoms with E-state index in [0.29, 0.717) is 12.8 Å². The lowest BCUT2D eigenvalue weighted by molar-refractivity contribution is -0.161. The van der Waals surface area contributed by atoms with Crippen LogP contribution < -0.4 is 0 Å². The number of phosphoric ester groups is 1. The van der Waals surface area contributed by atoms with Crippen molar-refractivity contribution in [2.24, 2.45) is 0 Å². The third-order valence-electron chi connectivity index (χ3n) is 10.9. The number of hydrogen-bond acceptors (Lipinski definition) is 10. The third kappa shape index (κ3) is 35.2. The minimum Gasteiger partial charge on any atom is -0.462 e. The molecule has 0 radical (unpaired) electrons. The molecule has 0 aliphatic heterocycles. The zero-order chi connectivity index (χ0) is 45.5. The number of aliphatic hydroxyl groups excluding tert-OH is 1. The first-order valence-corrected chi connectivity index (χ1v) is 28.3. The van der Waals surface area contributed by atoms with Crippen LogP contribution in [0.25, 0.3) is 0 Å². The van der Waals surface area contributed by atoms with Gasteiger partial charge >= 0.3 is 19.8 Å². The molecule has 1 unspecified atom stereocenters. The number of rotatable bonds is 41. The van der Waals surface area contributed by atoms with E-state index >= 15 is 0 Å². The summed E-state index contributed by atoms with van der Waals surface area (Å²) in [6, 6.07) is 0. The van der Waals surface area contributed by atoms with Crippen molar-refractivity contribution in [2.75, 3.05) is 33.5 Å². The van der Waals surface area contributed by atoms with E-state index in [1.54, 1.807) is 0 Å². The molecule has 0 saturated heterocycles. The number of aliphatic hydroxyl groups is 1. The summed E-state index contributed by atoms with van der Waals surface area (Å²) in [5.41, 5.74) is 0. The number of phosphoric acid groups is 1. The molecule has 0 fully saturated rings. The number of hydrogen-bond donors (Lipinski definition) is 1. The molecule has 0 aromatic rings. The van der Waals surface area contributed by atoms with Crippen molar-refractivity contribution in [1.29, 1.82) is 0 Å². The van der Waals surface area contributed by atoms with Gasteiger partial charge in [-0.05, 0) is 95.2 Å². The zero-order valence-corrected chi connectivity index (χ0v) is 42.0. The van der Waals surface area contributed by atoms with Crippen molar-refractivity contribution in [3.63, 3.8) is 0 Å². The molecule has 356 valence electrons. The lowest BCUT2D eigenvalue weighted by Crippen LogP contribution is -2.46. The fourth-order valence-corrected chi connectivity index (χ4v) is 8.30. The molecule has 0 aliphatic rings. The monoisotopic (exact) mass is 899 g/mol. The van der Waals surface area contributed by atoms with Crippen LogP contribution >= 0.6 is 7.82 Å². The Labute approximate surface area is 374 Å². The summed E-state index contributed by atoms with van der Waals surface area (Å²) in [5.74, 6) is -0.833. The molecular weight excluding hydrogens is 808 g/mol. The second-order valence-corrected chi connectivity index (χ2v) is 24.2. The van der Waals surface area contributed by atoms with Crippen LogP contribution in [0, 0.1) is 0 Å². The lowest BCUT2D eigenvalue weighted by Gasteiger charge is -2.38. The Hall–Kier alpha value is -1.85. The Morgan fingerprint density at radius 3 is 1.43 bits per heavy atom. The van der Waals surface area contributed by atoms with Gasteiger partial charge in [-0.2, -0.15) is 0 Å². The van der Waals surface area contributed by atoms with E-state index in [-0.39, 0.29) is 50.3 Å². The van der Waals surface area contributed by atoms with Gasteiger partial charge in [-0.3, -0.25) is 23.2 Å². The maximum absolute atomic E-state index is 13.4. The van der Waals surface area contributed by atoms with E-state index in [9.17, 15) is 19.3 Å². The van der Waals surface area contributed by atoms with Gasteiger partial charge in [0.1, 0.15) is 6.61 Å². The molecule has 0 saturated carbocycles. The van der Waals surface area contributed by atoms with Crippen LogP contribution in [0.1, 0.15) is 189 Å². The van der Waals surface area contributed by atoms with E-state index in [1.165, 1.54) is 58.5 Å². The Morgan fingerprint density at radius 2 is 1.00 bits per heavy atom. The number of esters is 2. The van der Waals surface area contributed by atoms with E-state index in [1.807, 2.05) is 13.1 Å². The van der Waals surface area contributed by atoms with Crippen LogP contribution in [0.2, 0.25) is 18.1 Å². The molecule has 0 amide bonds. The molecule has 3 atom stereocenters. The Kier molecular flexibility index (Phi) is 37.4. The van der Waals surface area contributed by atoms with Gasteiger partial charge in [0.15, 0.2) is 14.4 Å². The third-order valence-corrected chi connectivity index (χ3v) is 16.8. The van der Waals surface area contributed by atoms with Gasteiger partial charge in [0.05, 0.1) is 25.9 Å². The second-order valence-electron chi connectivity index (χ2n) is 17.7. The van der Waals surface area contributed by atoms with Crippen LogP contribution in [0.4, 0.5) is 0 Å². The van der Waals surface area contributed by atoms with Crippen LogP contribution in [0.5, 0.6) is 0 Å². The number of carbonyl (C=O) groups excluding carboxylic acids is 2.